The lowest BCUT2D eigenvalue weighted by atomic mass is 9.85. The lowest BCUT2D eigenvalue weighted by Crippen LogP contribution is -2.58. The Morgan fingerprint density at radius 2 is 1.19 bits per heavy atom. The largest absolute Gasteiger partial charge is 0.430 e. The van der Waals surface area contributed by atoms with E-state index in [9.17, 15) is 62.9 Å². The first kappa shape index (κ1) is 30.9. The van der Waals surface area contributed by atoms with E-state index in [1.54, 1.807) is 0 Å². The third-order valence-corrected chi connectivity index (χ3v) is 4.86. The van der Waals surface area contributed by atoms with E-state index in [-0.39, 0.29) is 18.2 Å². The Morgan fingerprint density at radius 1 is 0.750 bits per heavy atom. The Morgan fingerprint density at radius 3 is 1.53 bits per heavy atom. The van der Waals surface area contributed by atoms with Gasteiger partial charge in [-0.1, -0.05) is 25.3 Å². The fraction of sp³-hybridized carbons (Fsp3) is 0.300. The molecule has 0 saturated carbocycles. The molecule has 0 unspecified atom stereocenters. The Bertz CT molecular complexity index is 1050. The molecule has 1 rings (SSSR count). The van der Waals surface area contributed by atoms with E-state index in [4.69, 9.17) is 11.5 Å². The number of aliphatic hydroxyl groups is 2. The van der Waals surface area contributed by atoms with Gasteiger partial charge >= 0.3 is 24.7 Å². The number of allylic oxidation sites excluding steroid dienone is 3. The van der Waals surface area contributed by atoms with Gasteiger partial charge in [0.25, 0.3) is 11.2 Å². The molecule has 0 fully saturated rings. The third-order valence-electron chi connectivity index (χ3n) is 4.86. The second-order valence-electron chi connectivity index (χ2n) is 7.09. The average molecular weight is 544 g/mol. The number of nitrogen functional groups attached to an aromatic ring is 1. The molecule has 1 aromatic carbocycles. The van der Waals surface area contributed by atoms with E-state index in [1.807, 2.05) is 0 Å². The molecule has 16 heteroatoms. The highest BCUT2D eigenvalue weighted by molar-refractivity contribution is 5.78. The standard InChI is InChI=1S/C20H16F12N2O2/c1-3-9(7-11(13(33)4-2)15(35,17(21,22)23)18(24,25)26)10-5-6-14(34)12(8-10)16(36,19(27,28)29)20(30,31)32/h3-8,35-36H,1-2,33-34H2/b9-7+,13-11-. The van der Waals surface area contributed by atoms with E-state index in [2.05, 4.69) is 13.2 Å². The number of rotatable bonds is 6. The first-order valence-corrected chi connectivity index (χ1v) is 9.00. The zero-order chi connectivity index (χ0) is 28.7. The van der Waals surface area contributed by atoms with Gasteiger partial charge in [-0.25, -0.2) is 0 Å². The minimum Gasteiger partial charge on any atom is -0.398 e. The minimum absolute atomic E-state index is 0.0637. The van der Waals surface area contributed by atoms with Crippen LogP contribution in [0.2, 0.25) is 0 Å². The van der Waals surface area contributed by atoms with Gasteiger partial charge in [0.1, 0.15) is 0 Å². The summed E-state index contributed by atoms with van der Waals surface area (Å²) in [4.78, 5) is 0. The topological polar surface area (TPSA) is 92.5 Å². The van der Waals surface area contributed by atoms with E-state index >= 15 is 0 Å². The summed E-state index contributed by atoms with van der Waals surface area (Å²) in [5, 5.41) is 19.3. The van der Waals surface area contributed by atoms with Crippen LogP contribution in [0.5, 0.6) is 0 Å². The molecular formula is C20H16F12N2O2. The van der Waals surface area contributed by atoms with Crippen molar-refractivity contribution in [1.82, 2.24) is 0 Å². The van der Waals surface area contributed by atoms with Crippen molar-refractivity contribution in [3.8, 4) is 0 Å². The van der Waals surface area contributed by atoms with Crippen LogP contribution < -0.4 is 11.5 Å². The molecule has 0 saturated heterocycles. The SMILES string of the molecule is C=C/C(N)=C(\C=C(/C=C)c1ccc(N)c(C(O)(C(F)(F)F)C(F)(F)F)c1)C(O)(C(F)(F)F)C(F)(F)F. The minimum atomic E-state index is -6.46. The normalized spacial score (nSPS) is 15.4. The molecule has 0 aliphatic rings. The summed E-state index contributed by atoms with van der Waals surface area (Å²) in [5.41, 5.74) is -9.58. The van der Waals surface area contributed by atoms with E-state index in [1.165, 1.54) is 0 Å². The Balaban J connectivity index is 4.11. The molecule has 0 aliphatic carbocycles. The third kappa shape index (κ3) is 5.04. The molecule has 202 valence electrons. The molecule has 0 spiro atoms. The number of anilines is 1. The van der Waals surface area contributed by atoms with Crippen molar-refractivity contribution in [1.29, 1.82) is 0 Å². The van der Waals surface area contributed by atoms with Crippen LogP contribution in [0, 0.1) is 0 Å². The van der Waals surface area contributed by atoms with Gasteiger partial charge in [0.2, 0.25) is 0 Å². The summed E-state index contributed by atoms with van der Waals surface area (Å²) in [6, 6.07) is 0.928. The van der Waals surface area contributed by atoms with E-state index < -0.39 is 69.6 Å². The van der Waals surface area contributed by atoms with Gasteiger partial charge in [0.15, 0.2) is 0 Å². The van der Waals surface area contributed by atoms with Gasteiger partial charge in [0, 0.05) is 22.5 Å². The number of benzene rings is 1. The quantitative estimate of drug-likeness (QED) is 0.219. The molecule has 0 aliphatic heterocycles. The molecule has 6 N–H and O–H groups in total. The Labute approximate surface area is 194 Å². The smallest absolute Gasteiger partial charge is 0.398 e. The van der Waals surface area contributed by atoms with Gasteiger partial charge < -0.3 is 21.7 Å². The second kappa shape index (κ2) is 9.38. The van der Waals surface area contributed by atoms with Gasteiger partial charge in [-0.2, -0.15) is 52.7 Å². The summed E-state index contributed by atoms with van der Waals surface area (Å²) in [6.45, 7) is 5.95. The fourth-order valence-corrected chi connectivity index (χ4v) is 2.90. The van der Waals surface area contributed by atoms with Crippen LogP contribution >= 0.6 is 0 Å². The van der Waals surface area contributed by atoms with Gasteiger partial charge in [-0.15, -0.1) is 0 Å². The molecule has 1 aromatic rings. The zero-order valence-corrected chi connectivity index (χ0v) is 17.5. The summed E-state index contributed by atoms with van der Waals surface area (Å²) < 4.78 is 160. The maximum atomic E-state index is 13.4. The van der Waals surface area contributed by atoms with Crippen LogP contribution in [-0.4, -0.2) is 40.5 Å². The predicted molar refractivity (Wildman–Crippen MR) is 104 cm³/mol. The van der Waals surface area contributed by atoms with Crippen LogP contribution in [0.15, 0.2) is 60.9 Å². The van der Waals surface area contributed by atoms with Crippen LogP contribution in [0.4, 0.5) is 58.4 Å². The highest BCUT2D eigenvalue weighted by Gasteiger charge is 2.73. The fourth-order valence-electron chi connectivity index (χ4n) is 2.90. The Kier molecular flexibility index (Phi) is 8.05. The van der Waals surface area contributed by atoms with Crippen molar-refractivity contribution in [3.63, 3.8) is 0 Å². The summed E-state index contributed by atoms with van der Waals surface area (Å²) in [6.07, 6.45) is -25.1. The number of hydrogen-bond acceptors (Lipinski definition) is 4. The van der Waals surface area contributed by atoms with Crippen molar-refractivity contribution < 1.29 is 62.9 Å². The number of hydrogen-bond donors (Lipinski definition) is 4. The molecule has 0 radical (unpaired) electrons. The van der Waals surface area contributed by atoms with E-state index in [0.717, 1.165) is 0 Å². The zero-order valence-electron chi connectivity index (χ0n) is 17.5. The van der Waals surface area contributed by atoms with Gasteiger partial charge in [-0.05, 0) is 35.4 Å². The summed E-state index contributed by atoms with van der Waals surface area (Å²) in [5.74, 6) is 0. The van der Waals surface area contributed by atoms with Crippen molar-refractivity contribution in [2.45, 2.75) is 35.9 Å². The number of nitrogens with two attached hydrogens (primary N) is 2. The lowest BCUT2D eigenvalue weighted by Gasteiger charge is -2.34. The van der Waals surface area contributed by atoms with Crippen molar-refractivity contribution in [3.05, 3.63) is 72.0 Å². The predicted octanol–water partition coefficient (Wildman–Crippen LogP) is 5.40. The first-order chi connectivity index (χ1) is 15.9. The van der Waals surface area contributed by atoms with Crippen LogP contribution in [0.3, 0.4) is 0 Å². The van der Waals surface area contributed by atoms with Crippen molar-refractivity contribution in [2.75, 3.05) is 5.73 Å². The highest BCUT2D eigenvalue weighted by atomic mass is 19.4. The molecule has 0 atom stereocenters. The maximum absolute atomic E-state index is 13.4. The molecule has 0 bridgehead atoms. The first-order valence-electron chi connectivity index (χ1n) is 9.00. The molecule has 0 aromatic heterocycles. The van der Waals surface area contributed by atoms with Crippen LogP contribution in [-0.2, 0) is 5.60 Å². The van der Waals surface area contributed by atoms with Crippen molar-refractivity contribution in [2.24, 2.45) is 5.73 Å². The van der Waals surface area contributed by atoms with Gasteiger partial charge in [0.05, 0.1) is 0 Å². The molecule has 36 heavy (non-hydrogen) atoms. The lowest BCUT2D eigenvalue weighted by molar-refractivity contribution is -0.376. The molecule has 0 amide bonds. The summed E-state index contributed by atoms with van der Waals surface area (Å²) in [7, 11) is 0. The van der Waals surface area contributed by atoms with Gasteiger partial charge in [-0.3, -0.25) is 0 Å². The summed E-state index contributed by atoms with van der Waals surface area (Å²) >= 11 is 0. The van der Waals surface area contributed by atoms with Crippen molar-refractivity contribution >= 4 is 11.3 Å². The van der Waals surface area contributed by atoms with Crippen LogP contribution in [0.1, 0.15) is 11.1 Å². The maximum Gasteiger partial charge on any atom is 0.430 e. The second-order valence-corrected chi connectivity index (χ2v) is 7.09. The molecular weight excluding hydrogens is 528 g/mol. The number of alkyl halides is 12. The Hall–Kier alpha value is -3.14. The monoisotopic (exact) mass is 544 g/mol. The van der Waals surface area contributed by atoms with E-state index in [0.29, 0.717) is 18.2 Å². The molecule has 4 nitrogen and oxygen atoms in total. The van der Waals surface area contributed by atoms with Crippen LogP contribution in [0.25, 0.3) is 5.57 Å². The average Bonchev–Trinajstić information content (AvgIpc) is 2.70. The number of halogens is 12. The highest BCUT2D eigenvalue weighted by Crippen LogP contribution is 2.52. The molecule has 0 heterocycles.